The van der Waals surface area contributed by atoms with Crippen LogP contribution in [0.15, 0.2) is 27.5 Å². The van der Waals surface area contributed by atoms with Gasteiger partial charge in [-0.05, 0) is 65.1 Å². The summed E-state index contributed by atoms with van der Waals surface area (Å²) in [6.45, 7) is 14.6. The van der Waals surface area contributed by atoms with Gasteiger partial charge in [0.15, 0.2) is 0 Å². The number of allylic oxidation sites excluding steroid dienone is 1. The molecule has 0 radical (unpaired) electrons. The highest BCUT2D eigenvalue weighted by molar-refractivity contribution is 5.99. The maximum Gasteiger partial charge on any atom is 0.251 e. The zero-order chi connectivity index (χ0) is 18.1. The summed E-state index contributed by atoms with van der Waals surface area (Å²) >= 11 is 0. The van der Waals surface area contributed by atoms with Gasteiger partial charge in [0, 0.05) is 22.7 Å². The molecule has 24 heavy (non-hydrogen) atoms. The molecular weight excluding hydrogens is 300 g/mol. The maximum absolute atomic E-state index is 12.9. The van der Waals surface area contributed by atoms with Crippen molar-refractivity contribution in [2.45, 2.75) is 65.5 Å². The van der Waals surface area contributed by atoms with Crippen molar-refractivity contribution >= 4 is 12.6 Å². The lowest BCUT2D eigenvalue weighted by Crippen LogP contribution is -2.33. The molecule has 2 saturated carbocycles. The lowest BCUT2D eigenvalue weighted by Gasteiger charge is -2.20. The molecule has 3 atom stereocenters. The number of nitrogens with zero attached hydrogens (tertiary/aromatic N) is 1. The SMILES string of the molecule is C=N/C(NC1(C)CC1)=C(\CC)C(C(=O)NC1C(C)C1CN)=C(C)C. The van der Waals surface area contributed by atoms with Gasteiger partial charge in [0.25, 0.3) is 5.91 Å². The molecule has 134 valence electrons. The van der Waals surface area contributed by atoms with E-state index < -0.39 is 0 Å². The summed E-state index contributed by atoms with van der Waals surface area (Å²) in [4.78, 5) is 17.1. The molecule has 0 heterocycles. The van der Waals surface area contributed by atoms with Crippen molar-refractivity contribution in [3.05, 3.63) is 22.5 Å². The van der Waals surface area contributed by atoms with E-state index >= 15 is 0 Å². The molecule has 4 N–H and O–H groups in total. The first-order valence-corrected chi connectivity index (χ1v) is 8.94. The van der Waals surface area contributed by atoms with Crippen LogP contribution in [0.2, 0.25) is 0 Å². The van der Waals surface area contributed by atoms with Gasteiger partial charge in [-0.25, -0.2) is 4.99 Å². The van der Waals surface area contributed by atoms with Gasteiger partial charge < -0.3 is 16.4 Å². The highest BCUT2D eigenvalue weighted by Crippen LogP contribution is 2.39. The van der Waals surface area contributed by atoms with Gasteiger partial charge in [-0.15, -0.1) is 0 Å². The van der Waals surface area contributed by atoms with Gasteiger partial charge in [0.1, 0.15) is 5.82 Å². The number of nitrogens with one attached hydrogen (secondary N) is 2. The number of nitrogens with two attached hydrogens (primary N) is 1. The van der Waals surface area contributed by atoms with E-state index in [0.717, 1.165) is 41.8 Å². The fourth-order valence-electron chi connectivity index (χ4n) is 3.31. The first kappa shape index (κ1) is 18.7. The van der Waals surface area contributed by atoms with E-state index in [9.17, 15) is 4.79 Å². The van der Waals surface area contributed by atoms with Crippen molar-refractivity contribution in [1.29, 1.82) is 0 Å². The van der Waals surface area contributed by atoms with Crippen LogP contribution in [0.5, 0.6) is 0 Å². The van der Waals surface area contributed by atoms with Crippen molar-refractivity contribution in [3.8, 4) is 0 Å². The third-order valence-electron chi connectivity index (χ3n) is 5.38. The van der Waals surface area contributed by atoms with E-state index in [1.807, 2.05) is 13.8 Å². The highest BCUT2D eigenvalue weighted by atomic mass is 16.1. The Hall–Kier alpha value is -1.62. The molecule has 0 aromatic rings. The van der Waals surface area contributed by atoms with Gasteiger partial charge in [0.05, 0.1) is 0 Å². The van der Waals surface area contributed by atoms with E-state index in [1.165, 1.54) is 0 Å². The van der Waals surface area contributed by atoms with Crippen LogP contribution in [0.1, 0.15) is 53.9 Å². The van der Waals surface area contributed by atoms with E-state index in [2.05, 4.69) is 43.1 Å². The third-order valence-corrected chi connectivity index (χ3v) is 5.38. The van der Waals surface area contributed by atoms with Gasteiger partial charge >= 0.3 is 0 Å². The molecular formula is C19H32N4O. The second-order valence-electron chi connectivity index (χ2n) is 7.66. The maximum atomic E-state index is 12.9. The molecule has 0 aromatic carbocycles. The summed E-state index contributed by atoms with van der Waals surface area (Å²) in [7, 11) is 0. The largest absolute Gasteiger partial charge is 0.365 e. The van der Waals surface area contributed by atoms with Crippen LogP contribution >= 0.6 is 0 Å². The molecule has 2 rings (SSSR count). The molecule has 1 amide bonds. The fourth-order valence-corrected chi connectivity index (χ4v) is 3.31. The summed E-state index contributed by atoms with van der Waals surface area (Å²) in [6.07, 6.45) is 2.97. The number of rotatable bonds is 8. The molecule has 5 heteroatoms. The Labute approximate surface area is 145 Å². The standard InChI is InChI=1S/C19H32N4O/c1-7-13(17(21-6)23-19(5)8-9-19)15(11(2)3)18(24)22-16-12(4)14(16)10-20/h12,14,16,23H,6-10,20H2,1-5H3,(H,22,24)/b17-13-. The zero-order valence-corrected chi connectivity index (χ0v) is 15.7. The summed E-state index contributed by atoms with van der Waals surface area (Å²) in [6, 6.07) is 0.184. The minimum atomic E-state index is -0.0245. The topological polar surface area (TPSA) is 79.5 Å². The Morgan fingerprint density at radius 1 is 1.38 bits per heavy atom. The second-order valence-corrected chi connectivity index (χ2v) is 7.66. The molecule has 2 aliphatic carbocycles. The fraction of sp³-hybridized carbons (Fsp3) is 0.684. The monoisotopic (exact) mass is 332 g/mol. The predicted octanol–water partition coefficient (Wildman–Crippen LogP) is 2.50. The first-order chi connectivity index (χ1) is 11.3. The summed E-state index contributed by atoms with van der Waals surface area (Å²) < 4.78 is 0. The van der Waals surface area contributed by atoms with Crippen LogP contribution in [-0.4, -0.2) is 30.8 Å². The van der Waals surface area contributed by atoms with Gasteiger partial charge in [-0.2, -0.15) is 0 Å². The molecule has 0 aliphatic heterocycles. The van der Waals surface area contributed by atoms with Gasteiger partial charge in [-0.3, -0.25) is 4.79 Å². The number of hydrogen-bond acceptors (Lipinski definition) is 4. The number of amides is 1. The molecule has 2 fully saturated rings. The Bertz CT molecular complexity index is 582. The Kier molecular flexibility index (Phi) is 5.53. The number of aliphatic imine (C=N–C) groups is 1. The zero-order valence-electron chi connectivity index (χ0n) is 15.7. The smallest absolute Gasteiger partial charge is 0.251 e. The summed E-state index contributed by atoms with van der Waals surface area (Å²) in [5.74, 6) is 1.56. The minimum absolute atomic E-state index is 0.0245. The van der Waals surface area contributed by atoms with Crippen molar-refractivity contribution in [2.75, 3.05) is 6.54 Å². The Balaban J connectivity index is 2.25. The lowest BCUT2D eigenvalue weighted by atomic mass is 9.97. The van der Waals surface area contributed by atoms with E-state index in [0.29, 0.717) is 18.4 Å². The summed E-state index contributed by atoms with van der Waals surface area (Å²) in [5.41, 5.74) is 8.50. The van der Waals surface area contributed by atoms with Crippen molar-refractivity contribution in [3.63, 3.8) is 0 Å². The average Bonchev–Trinajstić information content (AvgIpc) is 3.41. The van der Waals surface area contributed by atoms with Gasteiger partial charge in [-0.1, -0.05) is 19.4 Å². The van der Waals surface area contributed by atoms with Crippen LogP contribution in [0.25, 0.3) is 0 Å². The molecule has 0 saturated heterocycles. The Morgan fingerprint density at radius 3 is 2.38 bits per heavy atom. The predicted molar refractivity (Wildman–Crippen MR) is 99.7 cm³/mol. The van der Waals surface area contributed by atoms with E-state index in [4.69, 9.17) is 5.73 Å². The number of hydrogen-bond donors (Lipinski definition) is 3. The number of carbonyl (C=O) groups excluding carboxylic acids is 1. The highest BCUT2D eigenvalue weighted by Gasteiger charge is 2.47. The average molecular weight is 332 g/mol. The van der Waals surface area contributed by atoms with Crippen molar-refractivity contribution < 1.29 is 4.79 Å². The van der Waals surface area contributed by atoms with E-state index in [1.54, 1.807) is 0 Å². The molecule has 0 aromatic heterocycles. The minimum Gasteiger partial charge on any atom is -0.365 e. The first-order valence-electron chi connectivity index (χ1n) is 8.94. The van der Waals surface area contributed by atoms with Crippen LogP contribution in [0.3, 0.4) is 0 Å². The normalized spacial score (nSPS) is 27.7. The number of carbonyl (C=O) groups is 1. The quantitative estimate of drug-likeness (QED) is 0.363. The van der Waals surface area contributed by atoms with Crippen LogP contribution in [0, 0.1) is 11.8 Å². The van der Waals surface area contributed by atoms with Crippen LogP contribution in [0.4, 0.5) is 0 Å². The third kappa shape index (κ3) is 3.89. The molecule has 3 unspecified atom stereocenters. The second kappa shape index (κ2) is 7.09. The van der Waals surface area contributed by atoms with Crippen molar-refractivity contribution in [2.24, 2.45) is 22.6 Å². The summed E-state index contributed by atoms with van der Waals surface area (Å²) in [5, 5.41) is 6.63. The lowest BCUT2D eigenvalue weighted by molar-refractivity contribution is -0.117. The van der Waals surface area contributed by atoms with Crippen LogP contribution < -0.4 is 16.4 Å². The molecule has 2 aliphatic rings. The molecule has 0 bridgehead atoms. The van der Waals surface area contributed by atoms with Crippen molar-refractivity contribution in [1.82, 2.24) is 10.6 Å². The van der Waals surface area contributed by atoms with Gasteiger partial charge in [0.2, 0.25) is 0 Å². The molecule has 0 spiro atoms. The van der Waals surface area contributed by atoms with E-state index in [-0.39, 0.29) is 17.5 Å². The molecule has 5 nitrogen and oxygen atoms in total. The Morgan fingerprint density at radius 2 is 2.00 bits per heavy atom. The van der Waals surface area contributed by atoms with Crippen LogP contribution in [-0.2, 0) is 4.79 Å².